The average Bonchev–Trinajstić information content (AvgIpc) is 2.80. The molecule has 0 unspecified atom stereocenters. The SMILES string of the molecule is COCCn1cc(NC(=O)CN(Cc2ccccc2)S(=O)(=O)c2ccc(Cl)cc2)ccc1=O. The summed E-state index contributed by atoms with van der Waals surface area (Å²) >= 11 is 5.90. The number of halogens is 1. The largest absolute Gasteiger partial charge is 0.383 e. The van der Waals surface area contributed by atoms with Gasteiger partial charge in [0.05, 0.1) is 23.7 Å². The van der Waals surface area contributed by atoms with E-state index >= 15 is 0 Å². The van der Waals surface area contributed by atoms with E-state index < -0.39 is 22.5 Å². The number of carbonyl (C=O) groups excluding carboxylic acids is 1. The smallest absolute Gasteiger partial charge is 0.250 e. The van der Waals surface area contributed by atoms with E-state index in [2.05, 4.69) is 5.32 Å². The molecule has 10 heteroatoms. The molecule has 0 aliphatic heterocycles. The van der Waals surface area contributed by atoms with E-state index in [1.807, 2.05) is 6.07 Å². The summed E-state index contributed by atoms with van der Waals surface area (Å²) in [7, 11) is -2.46. The van der Waals surface area contributed by atoms with Crippen LogP contribution in [0.25, 0.3) is 0 Å². The number of ether oxygens (including phenoxy) is 1. The first-order valence-electron chi connectivity index (χ1n) is 10.1. The van der Waals surface area contributed by atoms with Crippen molar-refractivity contribution in [3.8, 4) is 0 Å². The van der Waals surface area contributed by atoms with E-state index in [9.17, 15) is 18.0 Å². The summed E-state index contributed by atoms with van der Waals surface area (Å²) < 4.78 is 34.1. The van der Waals surface area contributed by atoms with Gasteiger partial charge in [0.25, 0.3) is 5.56 Å². The Balaban J connectivity index is 1.83. The quantitative estimate of drug-likeness (QED) is 0.472. The van der Waals surface area contributed by atoms with Gasteiger partial charge in [-0.1, -0.05) is 41.9 Å². The van der Waals surface area contributed by atoms with Crippen molar-refractivity contribution in [3.05, 3.63) is 93.9 Å². The van der Waals surface area contributed by atoms with E-state index in [1.54, 1.807) is 24.3 Å². The number of sulfonamides is 1. The van der Waals surface area contributed by atoms with E-state index in [-0.39, 0.29) is 17.0 Å². The molecule has 0 saturated heterocycles. The Bertz CT molecular complexity index is 1250. The molecule has 0 bridgehead atoms. The zero-order valence-electron chi connectivity index (χ0n) is 18.0. The number of hydrogen-bond donors (Lipinski definition) is 1. The highest BCUT2D eigenvalue weighted by Crippen LogP contribution is 2.21. The Morgan fingerprint density at radius 3 is 2.42 bits per heavy atom. The number of carbonyl (C=O) groups is 1. The number of pyridine rings is 1. The third kappa shape index (κ3) is 6.75. The number of anilines is 1. The lowest BCUT2D eigenvalue weighted by Gasteiger charge is -2.22. The summed E-state index contributed by atoms with van der Waals surface area (Å²) in [6.07, 6.45) is 1.49. The van der Waals surface area contributed by atoms with Crippen LogP contribution in [0.1, 0.15) is 5.56 Å². The van der Waals surface area contributed by atoms with Crippen molar-refractivity contribution in [3.63, 3.8) is 0 Å². The maximum Gasteiger partial charge on any atom is 0.250 e. The van der Waals surface area contributed by atoms with Crippen LogP contribution in [0.4, 0.5) is 5.69 Å². The minimum absolute atomic E-state index is 0.00650. The Hall–Kier alpha value is -2.98. The molecule has 3 rings (SSSR count). The van der Waals surface area contributed by atoms with Crippen molar-refractivity contribution >= 4 is 33.2 Å². The highest BCUT2D eigenvalue weighted by atomic mass is 35.5. The monoisotopic (exact) mass is 489 g/mol. The van der Waals surface area contributed by atoms with Crippen molar-refractivity contribution in [1.29, 1.82) is 0 Å². The molecule has 1 N–H and O–H groups in total. The van der Waals surface area contributed by atoms with Crippen molar-refractivity contribution in [2.45, 2.75) is 18.0 Å². The number of hydrogen-bond acceptors (Lipinski definition) is 5. The van der Waals surface area contributed by atoms with Gasteiger partial charge in [-0.05, 0) is 35.9 Å². The van der Waals surface area contributed by atoms with E-state index in [0.29, 0.717) is 23.9 Å². The molecule has 8 nitrogen and oxygen atoms in total. The summed E-state index contributed by atoms with van der Waals surface area (Å²) in [5, 5.41) is 3.08. The van der Waals surface area contributed by atoms with E-state index in [4.69, 9.17) is 16.3 Å². The zero-order chi connectivity index (χ0) is 23.8. The lowest BCUT2D eigenvalue weighted by molar-refractivity contribution is -0.116. The van der Waals surface area contributed by atoms with Crippen molar-refractivity contribution in [1.82, 2.24) is 8.87 Å². The molecule has 0 radical (unpaired) electrons. The van der Waals surface area contributed by atoms with Crippen molar-refractivity contribution in [2.24, 2.45) is 0 Å². The van der Waals surface area contributed by atoms with E-state index in [0.717, 1.165) is 9.87 Å². The van der Waals surface area contributed by atoms with Gasteiger partial charge in [-0.3, -0.25) is 9.59 Å². The molecule has 33 heavy (non-hydrogen) atoms. The predicted octanol–water partition coefficient (Wildman–Crippen LogP) is 2.98. The van der Waals surface area contributed by atoms with Crippen LogP contribution in [0.15, 0.2) is 82.6 Å². The zero-order valence-corrected chi connectivity index (χ0v) is 19.6. The molecule has 174 valence electrons. The van der Waals surface area contributed by atoms with Crippen LogP contribution >= 0.6 is 11.6 Å². The lowest BCUT2D eigenvalue weighted by Crippen LogP contribution is -2.37. The number of nitrogens with one attached hydrogen (secondary N) is 1. The predicted molar refractivity (Wildman–Crippen MR) is 127 cm³/mol. The van der Waals surface area contributed by atoms with Crippen LogP contribution in [0.5, 0.6) is 0 Å². The maximum atomic E-state index is 13.3. The second-order valence-corrected chi connectivity index (χ2v) is 9.58. The molecule has 0 aliphatic rings. The van der Waals surface area contributed by atoms with Gasteiger partial charge in [0.15, 0.2) is 0 Å². The van der Waals surface area contributed by atoms with Crippen LogP contribution in [-0.2, 0) is 32.6 Å². The van der Waals surface area contributed by atoms with Gasteiger partial charge in [0.2, 0.25) is 15.9 Å². The van der Waals surface area contributed by atoms with Crippen molar-refractivity contribution < 1.29 is 17.9 Å². The first kappa shape index (κ1) is 24.7. The molecule has 0 atom stereocenters. The molecule has 0 fully saturated rings. The van der Waals surface area contributed by atoms with Crippen molar-refractivity contribution in [2.75, 3.05) is 25.6 Å². The minimum Gasteiger partial charge on any atom is -0.383 e. The molecule has 1 aromatic heterocycles. The summed E-state index contributed by atoms with van der Waals surface area (Å²) in [6.45, 7) is 0.245. The number of rotatable bonds is 10. The number of methoxy groups -OCH3 is 1. The van der Waals surface area contributed by atoms with Gasteiger partial charge < -0.3 is 14.6 Å². The maximum absolute atomic E-state index is 13.3. The van der Waals surface area contributed by atoms with Gasteiger partial charge in [-0.2, -0.15) is 4.31 Å². The Kier molecular flexibility index (Phi) is 8.40. The molecule has 3 aromatic rings. The van der Waals surface area contributed by atoms with Gasteiger partial charge in [0, 0.05) is 37.5 Å². The summed E-state index contributed by atoms with van der Waals surface area (Å²) in [4.78, 5) is 24.8. The van der Waals surface area contributed by atoms with Crippen LogP contribution in [0, 0.1) is 0 Å². The van der Waals surface area contributed by atoms with Crippen LogP contribution < -0.4 is 10.9 Å². The topological polar surface area (TPSA) is 97.7 Å². The first-order chi connectivity index (χ1) is 15.8. The molecule has 1 amide bonds. The number of aromatic nitrogens is 1. The van der Waals surface area contributed by atoms with Crippen LogP contribution in [-0.4, -0.2) is 43.5 Å². The average molecular weight is 490 g/mol. The fraction of sp³-hybridized carbons (Fsp3) is 0.217. The minimum atomic E-state index is -3.99. The standard InChI is InChI=1S/C23H24ClN3O5S/c1-32-14-13-26-16-20(9-12-23(26)29)25-22(28)17-27(15-18-5-3-2-4-6-18)33(30,31)21-10-7-19(24)8-11-21/h2-12,16H,13-15,17H2,1H3,(H,25,28). The molecule has 0 aliphatic carbocycles. The van der Waals surface area contributed by atoms with Gasteiger partial charge >= 0.3 is 0 Å². The number of amides is 1. The highest BCUT2D eigenvalue weighted by molar-refractivity contribution is 7.89. The van der Waals surface area contributed by atoms with Gasteiger partial charge in [0.1, 0.15) is 0 Å². The lowest BCUT2D eigenvalue weighted by atomic mass is 10.2. The molecule has 1 heterocycles. The Morgan fingerprint density at radius 1 is 1.06 bits per heavy atom. The highest BCUT2D eigenvalue weighted by Gasteiger charge is 2.27. The van der Waals surface area contributed by atoms with E-state index in [1.165, 1.54) is 54.3 Å². The normalized spacial score (nSPS) is 11.5. The second-order valence-electron chi connectivity index (χ2n) is 7.20. The Labute approximate surface area is 197 Å². The van der Waals surface area contributed by atoms with Crippen LogP contribution in [0.3, 0.4) is 0 Å². The third-order valence-electron chi connectivity index (χ3n) is 4.78. The molecular formula is C23H24ClN3O5S. The molecular weight excluding hydrogens is 466 g/mol. The summed E-state index contributed by atoms with van der Waals surface area (Å²) in [5.74, 6) is -0.541. The number of nitrogens with zero attached hydrogens (tertiary/aromatic N) is 2. The van der Waals surface area contributed by atoms with Gasteiger partial charge in [-0.15, -0.1) is 0 Å². The third-order valence-corrected chi connectivity index (χ3v) is 6.83. The first-order valence-corrected chi connectivity index (χ1v) is 11.9. The number of benzene rings is 2. The summed E-state index contributed by atoms with van der Waals surface area (Å²) in [6, 6.07) is 17.6. The summed E-state index contributed by atoms with van der Waals surface area (Å²) in [5.41, 5.74) is 0.872. The van der Waals surface area contributed by atoms with Gasteiger partial charge in [-0.25, -0.2) is 8.42 Å². The second kappa shape index (κ2) is 11.2. The fourth-order valence-corrected chi connectivity index (χ4v) is 4.61. The fourth-order valence-electron chi connectivity index (χ4n) is 3.10. The molecule has 0 saturated carbocycles. The van der Waals surface area contributed by atoms with Crippen LogP contribution in [0.2, 0.25) is 5.02 Å². The Morgan fingerprint density at radius 2 is 1.76 bits per heavy atom. The molecule has 2 aromatic carbocycles. The molecule has 0 spiro atoms.